The standard InChI is InChI=1S/C33H48O10S2/c1-18-6-8-24-20(26(34)36-28-32(24)22(18)10-12-30(3,38-28)40-42-32)16-44-14-5-15-45-17-21-25-9-7-19(2)23-11-13-31(4)39-29(37-27(21)35)33(23,25)43-41-31/h18-25,28-29H,5-17H2,1-4H3/t18-,19-,20+,21+,22+,23+,24+,25+,28-,29-,30-,31-,32-,33-/m1/s1. The van der Waals surface area contributed by atoms with Gasteiger partial charge in [-0.25, -0.2) is 19.6 Å². The number of carbonyl (C=O) groups is 2. The summed E-state index contributed by atoms with van der Waals surface area (Å²) >= 11 is 3.61. The summed E-state index contributed by atoms with van der Waals surface area (Å²) in [6.07, 6.45) is 6.90. The molecule has 0 unspecified atom stereocenters. The van der Waals surface area contributed by atoms with Gasteiger partial charge in [0.15, 0.2) is 11.2 Å². The van der Waals surface area contributed by atoms with Crippen molar-refractivity contribution in [3.63, 3.8) is 0 Å². The highest BCUT2D eigenvalue weighted by atomic mass is 32.2. The molecule has 2 spiro atoms. The minimum absolute atomic E-state index is 0.0221. The molecule has 12 heteroatoms. The minimum atomic E-state index is -0.869. The minimum Gasteiger partial charge on any atom is -0.432 e. The zero-order valence-electron chi connectivity index (χ0n) is 26.9. The lowest BCUT2D eigenvalue weighted by Gasteiger charge is -2.58. The van der Waals surface area contributed by atoms with Gasteiger partial charge in [0.05, 0.1) is 11.8 Å². The second kappa shape index (κ2) is 11.5. The first-order valence-electron chi connectivity index (χ1n) is 17.2. The summed E-state index contributed by atoms with van der Waals surface area (Å²) in [5.41, 5.74) is -1.44. The van der Waals surface area contributed by atoms with Gasteiger partial charge < -0.3 is 18.9 Å². The molecule has 0 aromatic rings. The predicted octanol–water partition coefficient (Wildman–Crippen LogP) is 5.62. The summed E-state index contributed by atoms with van der Waals surface area (Å²) in [5, 5.41) is 0. The summed E-state index contributed by atoms with van der Waals surface area (Å²) in [5.74, 6) is 2.14. The van der Waals surface area contributed by atoms with Crippen LogP contribution >= 0.6 is 23.5 Å². The number of esters is 2. The SMILES string of the molecule is C[C@@H]1CC[C@H]2[C@H](CSCCCSC[C@@H]3C(=O)O[C@@H]4O[C@@]5(C)CC[C@H]6[C@H](C)CC[C@@H]3[C@@]46OO5)C(=O)O[C@@H]3O[C@@]4(C)CC[C@@H]1[C@]32OO4. The number of fused-ring (bicyclic) bond motifs is 4. The lowest BCUT2D eigenvalue weighted by atomic mass is 9.58. The number of hydrogen-bond acceptors (Lipinski definition) is 12. The van der Waals surface area contributed by atoms with Crippen LogP contribution in [0.15, 0.2) is 0 Å². The Bertz CT molecular complexity index is 1100. The molecule has 0 radical (unpaired) electrons. The van der Waals surface area contributed by atoms with E-state index in [1.807, 2.05) is 13.8 Å². The lowest BCUT2D eigenvalue weighted by molar-refractivity contribution is -0.559. The van der Waals surface area contributed by atoms with Gasteiger partial charge in [0.25, 0.3) is 0 Å². The van der Waals surface area contributed by atoms with Crippen molar-refractivity contribution >= 4 is 35.5 Å². The van der Waals surface area contributed by atoms with E-state index < -0.39 is 35.4 Å². The van der Waals surface area contributed by atoms with Crippen LogP contribution in [0.25, 0.3) is 0 Å². The van der Waals surface area contributed by atoms with Crippen molar-refractivity contribution in [2.75, 3.05) is 23.0 Å². The van der Waals surface area contributed by atoms with E-state index in [4.69, 9.17) is 38.5 Å². The average Bonchev–Trinajstić information content (AvgIpc) is 3.38. The quantitative estimate of drug-likeness (QED) is 0.182. The first-order chi connectivity index (χ1) is 21.6. The molecule has 10 rings (SSSR count). The predicted molar refractivity (Wildman–Crippen MR) is 164 cm³/mol. The molecular weight excluding hydrogens is 620 g/mol. The Labute approximate surface area is 274 Å². The summed E-state index contributed by atoms with van der Waals surface area (Å²) in [7, 11) is 0. The van der Waals surface area contributed by atoms with Gasteiger partial charge in [-0.05, 0) is 82.1 Å². The van der Waals surface area contributed by atoms with Crippen LogP contribution in [0.1, 0.15) is 85.5 Å². The topological polar surface area (TPSA) is 108 Å². The highest BCUT2D eigenvalue weighted by Crippen LogP contribution is 2.61. The first-order valence-corrected chi connectivity index (χ1v) is 19.6. The maximum Gasteiger partial charge on any atom is 0.312 e. The lowest BCUT2D eigenvalue weighted by Crippen LogP contribution is -2.70. The molecule has 10 aliphatic rings. The van der Waals surface area contributed by atoms with E-state index in [1.165, 1.54) is 0 Å². The van der Waals surface area contributed by atoms with Gasteiger partial charge in [0.2, 0.25) is 24.2 Å². The number of rotatable bonds is 8. The van der Waals surface area contributed by atoms with Crippen molar-refractivity contribution in [3.05, 3.63) is 0 Å². The summed E-state index contributed by atoms with van der Waals surface area (Å²) in [4.78, 5) is 50.8. The van der Waals surface area contributed by atoms with E-state index in [1.54, 1.807) is 23.5 Å². The van der Waals surface area contributed by atoms with Crippen LogP contribution in [0, 0.1) is 47.3 Å². The van der Waals surface area contributed by atoms with Crippen molar-refractivity contribution in [1.82, 2.24) is 0 Å². The normalized spacial score (nSPS) is 53.1. The van der Waals surface area contributed by atoms with Gasteiger partial charge in [-0.15, -0.1) is 0 Å². The third-order valence-corrected chi connectivity index (χ3v) is 15.1. The third-order valence-electron chi connectivity index (χ3n) is 12.7. The van der Waals surface area contributed by atoms with E-state index in [-0.39, 0.29) is 47.4 Å². The molecule has 45 heavy (non-hydrogen) atoms. The fourth-order valence-electron chi connectivity index (χ4n) is 10.3. The van der Waals surface area contributed by atoms with Gasteiger partial charge in [-0.2, -0.15) is 23.5 Å². The van der Waals surface area contributed by atoms with Crippen LogP contribution in [0.3, 0.4) is 0 Å². The van der Waals surface area contributed by atoms with Crippen molar-refractivity contribution in [2.24, 2.45) is 47.3 Å². The monoisotopic (exact) mass is 668 g/mol. The second-order valence-corrected chi connectivity index (χ2v) is 17.7. The maximum atomic E-state index is 13.3. The molecule has 8 saturated heterocycles. The number of carbonyl (C=O) groups excluding carboxylic acids is 2. The van der Waals surface area contributed by atoms with Crippen molar-refractivity contribution in [3.8, 4) is 0 Å². The molecule has 0 aromatic heterocycles. The largest absolute Gasteiger partial charge is 0.432 e. The molecule has 8 aliphatic heterocycles. The smallest absolute Gasteiger partial charge is 0.312 e. The third kappa shape index (κ3) is 4.88. The molecule has 10 fully saturated rings. The molecule has 0 N–H and O–H groups in total. The van der Waals surface area contributed by atoms with Crippen molar-refractivity contribution in [2.45, 2.75) is 121 Å². The Morgan fingerprint density at radius 3 is 1.51 bits per heavy atom. The average molecular weight is 669 g/mol. The zero-order chi connectivity index (χ0) is 31.2. The van der Waals surface area contributed by atoms with Gasteiger partial charge in [0.1, 0.15) is 0 Å². The van der Waals surface area contributed by atoms with Crippen LogP contribution in [0.5, 0.6) is 0 Å². The van der Waals surface area contributed by atoms with Crippen LogP contribution in [-0.4, -0.2) is 70.3 Å². The van der Waals surface area contributed by atoms with Gasteiger partial charge in [-0.1, -0.05) is 13.8 Å². The molecule has 0 aromatic carbocycles. The van der Waals surface area contributed by atoms with Crippen LogP contribution in [-0.2, 0) is 48.1 Å². The van der Waals surface area contributed by atoms with E-state index >= 15 is 0 Å². The Morgan fingerprint density at radius 1 is 0.622 bits per heavy atom. The molecule has 2 saturated carbocycles. The van der Waals surface area contributed by atoms with Crippen LogP contribution in [0.2, 0.25) is 0 Å². The van der Waals surface area contributed by atoms with E-state index in [2.05, 4.69) is 13.8 Å². The fourth-order valence-corrected chi connectivity index (χ4v) is 12.7. The molecule has 8 heterocycles. The Hall–Kier alpha value is -0.600. The van der Waals surface area contributed by atoms with Gasteiger partial charge >= 0.3 is 11.9 Å². The summed E-state index contributed by atoms with van der Waals surface area (Å²) in [6.45, 7) is 8.32. The number of ether oxygens (including phenoxy) is 4. The summed E-state index contributed by atoms with van der Waals surface area (Å²) in [6, 6.07) is 0. The second-order valence-electron chi connectivity index (χ2n) is 15.4. The fraction of sp³-hybridized carbons (Fsp3) is 0.939. The molecule has 0 amide bonds. The maximum absolute atomic E-state index is 13.3. The highest BCUT2D eigenvalue weighted by molar-refractivity contribution is 8.00. The first kappa shape index (κ1) is 31.7. The molecule has 14 atom stereocenters. The zero-order valence-corrected chi connectivity index (χ0v) is 28.5. The van der Waals surface area contributed by atoms with E-state index in [0.29, 0.717) is 23.3 Å². The number of thioether (sulfide) groups is 2. The van der Waals surface area contributed by atoms with Crippen molar-refractivity contribution < 1.29 is 48.1 Å². The highest BCUT2D eigenvalue weighted by Gasteiger charge is 2.72. The molecular formula is C33H48O10S2. The van der Waals surface area contributed by atoms with E-state index in [0.717, 1.165) is 69.3 Å². The van der Waals surface area contributed by atoms with Gasteiger partial charge in [0, 0.05) is 48.0 Å². The molecule has 252 valence electrons. The molecule has 10 nitrogen and oxygen atoms in total. The molecule has 2 aliphatic carbocycles. The molecule has 4 bridgehead atoms. The van der Waals surface area contributed by atoms with Crippen molar-refractivity contribution in [1.29, 1.82) is 0 Å². The Balaban J connectivity index is 0.857. The Kier molecular flexibility index (Phi) is 8.08. The van der Waals surface area contributed by atoms with E-state index in [9.17, 15) is 9.59 Å². The Morgan fingerprint density at radius 2 is 1.07 bits per heavy atom. The van der Waals surface area contributed by atoms with Crippen LogP contribution < -0.4 is 0 Å². The van der Waals surface area contributed by atoms with Crippen LogP contribution in [0.4, 0.5) is 0 Å². The number of hydrogen-bond donors (Lipinski definition) is 0. The van der Waals surface area contributed by atoms with Gasteiger partial charge in [-0.3, -0.25) is 9.59 Å². The summed E-state index contributed by atoms with van der Waals surface area (Å²) < 4.78 is 24.5.